The normalized spacial score (nSPS) is 10.0. The van der Waals surface area contributed by atoms with Crippen LogP contribution < -0.4 is 10.6 Å². The van der Waals surface area contributed by atoms with Crippen molar-refractivity contribution in [2.75, 3.05) is 19.8 Å². The molecule has 1 aromatic carbocycles. The highest BCUT2D eigenvalue weighted by Gasteiger charge is 1.99. The van der Waals surface area contributed by atoms with E-state index in [1.807, 2.05) is 6.92 Å². The van der Waals surface area contributed by atoms with E-state index in [1.54, 1.807) is 12.1 Å². The number of amides is 2. The Morgan fingerprint density at radius 3 is 2.65 bits per heavy atom. The van der Waals surface area contributed by atoms with Gasteiger partial charge < -0.3 is 15.4 Å². The van der Waals surface area contributed by atoms with Crippen LogP contribution in [0.5, 0.6) is 0 Å². The molecule has 2 N–H and O–H groups in total. The molecule has 1 rings (SSSR count). The zero-order valence-electron chi connectivity index (χ0n) is 9.83. The molecule has 0 fully saturated rings. The van der Waals surface area contributed by atoms with E-state index in [4.69, 9.17) is 4.74 Å². The maximum atomic E-state index is 12.6. The summed E-state index contributed by atoms with van der Waals surface area (Å²) in [6.45, 7) is 3.89. The zero-order valence-corrected chi connectivity index (χ0v) is 9.83. The summed E-state index contributed by atoms with van der Waals surface area (Å²) in [6, 6.07) is 5.74. The third-order valence-electron chi connectivity index (χ3n) is 2.10. The lowest BCUT2D eigenvalue weighted by Crippen LogP contribution is -2.36. The van der Waals surface area contributed by atoms with Gasteiger partial charge in [0.05, 0.1) is 6.61 Å². The van der Waals surface area contributed by atoms with Crippen LogP contribution in [-0.4, -0.2) is 25.8 Å². The number of hydrogen-bond donors (Lipinski definition) is 2. The standard InChI is InChI=1S/C12H17FN2O2/c1-2-17-8-7-14-12(16)15-9-10-3-5-11(13)6-4-10/h3-6H,2,7-9H2,1H3,(H2,14,15,16). The first-order chi connectivity index (χ1) is 8.22. The van der Waals surface area contributed by atoms with Crippen LogP contribution in [0.25, 0.3) is 0 Å². The lowest BCUT2D eigenvalue weighted by atomic mass is 10.2. The zero-order chi connectivity index (χ0) is 12.5. The second kappa shape index (κ2) is 7.62. The van der Waals surface area contributed by atoms with E-state index >= 15 is 0 Å². The molecule has 0 radical (unpaired) electrons. The highest BCUT2D eigenvalue weighted by Crippen LogP contribution is 2.01. The third-order valence-corrected chi connectivity index (χ3v) is 2.10. The van der Waals surface area contributed by atoms with Crippen molar-refractivity contribution >= 4 is 6.03 Å². The van der Waals surface area contributed by atoms with Crippen molar-refractivity contribution < 1.29 is 13.9 Å². The quantitative estimate of drug-likeness (QED) is 0.743. The van der Waals surface area contributed by atoms with Gasteiger partial charge in [0, 0.05) is 19.7 Å². The van der Waals surface area contributed by atoms with E-state index in [0.717, 1.165) is 5.56 Å². The molecule has 0 spiro atoms. The molecule has 0 saturated carbocycles. The first-order valence-electron chi connectivity index (χ1n) is 5.56. The Morgan fingerprint density at radius 2 is 2.00 bits per heavy atom. The molecule has 1 aromatic rings. The van der Waals surface area contributed by atoms with Crippen molar-refractivity contribution in [3.63, 3.8) is 0 Å². The van der Waals surface area contributed by atoms with E-state index in [1.165, 1.54) is 12.1 Å². The number of carbonyl (C=O) groups is 1. The molecule has 0 heterocycles. The summed E-state index contributed by atoms with van der Waals surface area (Å²) >= 11 is 0. The second-order valence-corrected chi connectivity index (χ2v) is 3.43. The summed E-state index contributed by atoms with van der Waals surface area (Å²) in [6.07, 6.45) is 0. The van der Waals surface area contributed by atoms with Crippen LogP contribution in [0.2, 0.25) is 0 Å². The predicted molar refractivity (Wildman–Crippen MR) is 63.1 cm³/mol. The fourth-order valence-electron chi connectivity index (χ4n) is 1.23. The van der Waals surface area contributed by atoms with Crippen LogP contribution in [0.1, 0.15) is 12.5 Å². The Morgan fingerprint density at radius 1 is 1.29 bits per heavy atom. The number of rotatable bonds is 6. The average Bonchev–Trinajstić information content (AvgIpc) is 2.34. The lowest BCUT2D eigenvalue weighted by molar-refractivity contribution is 0.149. The third kappa shape index (κ3) is 5.87. The molecule has 0 saturated heterocycles. The van der Waals surface area contributed by atoms with Gasteiger partial charge in [0.15, 0.2) is 0 Å². The number of carbonyl (C=O) groups excluding carboxylic acids is 1. The van der Waals surface area contributed by atoms with Crippen LogP contribution in [0.3, 0.4) is 0 Å². The van der Waals surface area contributed by atoms with Crippen molar-refractivity contribution in [3.05, 3.63) is 35.6 Å². The number of hydrogen-bond acceptors (Lipinski definition) is 2. The van der Waals surface area contributed by atoms with Crippen molar-refractivity contribution in [1.82, 2.24) is 10.6 Å². The van der Waals surface area contributed by atoms with Crippen molar-refractivity contribution in [3.8, 4) is 0 Å². The molecular weight excluding hydrogens is 223 g/mol. The summed E-state index contributed by atoms with van der Waals surface area (Å²) in [7, 11) is 0. The molecule has 0 aromatic heterocycles. The van der Waals surface area contributed by atoms with Gasteiger partial charge in [-0.05, 0) is 24.6 Å². The molecule has 0 aliphatic rings. The molecule has 0 unspecified atom stereocenters. The molecule has 94 valence electrons. The lowest BCUT2D eigenvalue weighted by Gasteiger charge is -2.07. The summed E-state index contributed by atoms with van der Waals surface area (Å²) in [5, 5.41) is 5.32. The van der Waals surface area contributed by atoms with Gasteiger partial charge in [-0.15, -0.1) is 0 Å². The van der Waals surface area contributed by atoms with Crippen molar-refractivity contribution in [1.29, 1.82) is 0 Å². The number of benzene rings is 1. The predicted octanol–water partition coefficient (Wildman–Crippen LogP) is 1.66. The number of ether oxygens (including phenoxy) is 1. The summed E-state index contributed by atoms with van der Waals surface area (Å²) in [4.78, 5) is 11.3. The van der Waals surface area contributed by atoms with Crippen molar-refractivity contribution in [2.24, 2.45) is 0 Å². The van der Waals surface area contributed by atoms with Gasteiger partial charge in [0.25, 0.3) is 0 Å². The molecule has 2 amide bonds. The van der Waals surface area contributed by atoms with Crippen LogP contribution >= 0.6 is 0 Å². The fourth-order valence-corrected chi connectivity index (χ4v) is 1.23. The Bertz CT molecular complexity index is 341. The molecule has 0 atom stereocenters. The SMILES string of the molecule is CCOCCNC(=O)NCc1ccc(F)cc1. The molecule has 0 bridgehead atoms. The molecule has 0 aliphatic heterocycles. The maximum absolute atomic E-state index is 12.6. The van der Waals surface area contributed by atoms with Gasteiger partial charge in [-0.2, -0.15) is 0 Å². The molecule has 0 aliphatic carbocycles. The maximum Gasteiger partial charge on any atom is 0.315 e. The van der Waals surface area contributed by atoms with Crippen LogP contribution in [-0.2, 0) is 11.3 Å². The van der Waals surface area contributed by atoms with Crippen LogP contribution in [0, 0.1) is 5.82 Å². The van der Waals surface area contributed by atoms with E-state index in [2.05, 4.69) is 10.6 Å². The molecular formula is C12H17FN2O2. The summed E-state index contributed by atoms with van der Waals surface area (Å²) in [5.74, 6) is -0.282. The average molecular weight is 240 g/mol. The van der Waals surface area contributed by atoms with Crippen molar-refractivity contribution in [2.45, 2.75) is 13.5 Å². The van der Waals surface area contributed by atoms with E-state index in [0.29, 0.717) is 26.3 Å². The first kappa shape index (κ1) is 13.4. The molecule has 5 heteroatoms. The van der Waals surface area contributed by atoms with Crippen LogP contribution in [0.15, 0.2) is 24.3 Å². The highest BCUT2D eigenvalue weighted by atomic mass is 19.1. The van der Waals surface area contributed by atoms with E-state index < -0.39 is 0 Å². The Balaban J connectivity index is 2.17. The van der Waals surface area contributed by atoms with Gasteiger partial charge in [0.1, 0.15) is 5.82 Å². The molecule has 17 heavy (non-hydrogen) atoms. The first-order valence-corrected chi connectivity index (χ1v) is 5.56. The van der Waals surface area contributed by atoms with E-state index in [-0.39, 0.29) is 11.8 Å². The van der Waals surface area contributed by atoms with E-state index in [9.17, 15) is 9.18 Å². The van der Waals surface area contributed by atoms with Gasteiger partial charge in [0.2, 0.25) is 0 Å². The summed E-state index contributed by atoms with van der Waals surface area (Å²) in [5.41, 5.74) is 0.853. The summed E-state index contributed by atoms with van der Waals surface area (Å²) < 4.78 is 17.7. The number of halogens is 1. The van der Waals surface area contributed by atoms with Gasteiger partial charge in [-0.3, -0.25) is 0 Å². The smallest absolute Gasteiger partial charge is 0.315 e. The number of urea groups is 1. The Hall–Kier alpha value is -1.62. The van der Waals surface area contributed by atoms with Gasteiger partial charge in [-0.25, -0.2) is 9.18 Å². The topological polar surface area (TPSA) is 50.4 Å². The minimum Gasteiger partial charge on any atom is -0.380 e. The Labute approximate surface area is 100 Å². The highest BCUT2D eigenvalue weighted by molar-refractivity contribution is 5.73. The van der Waals surface area contributed by atoms with Gasteiger partial charge in [-0.1, -0.05) is 12.1 Å². The number of nitrogens with one attached hydrogen (secondary N) is 2. The second-order valence-electron chi connectivity index (χ2n) is 3.43. The minimum atomic E-state index is -0.282. The monoisotopic (exact) mass is 240 g/mol. The minimum absolute atomic E-state index is 0.256. The Kier molecular flexibility index (Phi) is 6.03. The largest absolute Gasteiger partial charge is 0.380 e. The van der Waals surface area contributed by atoms with Gasteiger partial charge >= 0.3 is 6.03 Å². The van der Waals surface area contributed by atoms with Crippen LogP contribution in [0.4, 0.5) is 9.18 Å². The molecule has 4 nitrogen and oxygen atoms in total. The fraction of sp³-hybridized carbons (Fsp3) is 0.417.